The highest BCUT2D eigenvalue weighted by atomic mass is 16.5. The van der Waals surface area contributed by atoms with Gasteiger partial charge in [-0.3, -0.25) is 4.79 Å². The first-order chi connectivity index (χ1) is 7.76. The van der Waals surface area contributed by atoms with Gasteiger partial charge in [-0.1, -0.05) is 30.7 Å². The van der Waals surface area contributed by atoms with Gasteiger partial charge in [-0.25, -0.2) is 5.48 Å². The number of amides is 1. The number of unbranched alkanes of at least 4 members (excludes halogenated alkanes) is 1. The summed E-state index contributed by atoms with van der Waals surface area (Å²) in [5, 5.41) is 10.1. The van der Waals surface area contributed by atoms with Crippen LogP contribution in [-0.2, 0) is 16.4 Å². The van der Waals surface area contributed by atoms with E-state index in [1.54, 1.807) is 12.1 Å². The average molecular weight is 222 g/mol. The summed E-state index contributed by atoms with van der Waals surface area (Å²) in [6.07, 6.45) is 2.24. The lowest BCUT2D eigenvalue weighted by Gasteiger charge is -2.05. The Morgan fingerprint density at radius 1 is 1.31 bits per heavy atom. The Balaban J connectivity index is 2.44. The number of carbonyl (C=O) groups excluding carboxylic acids is 1. The van der Waals surface area contributed by atoms with E-state index >= 15 is 0 Å². The molecule has 0 aliphatic rings. The van der Waals surface area contributed by atoms with E-state index in [-0.39, 0.29) is 6.42 Å². The third kappa shape index (κ3) is 4.31. The Morgan fingerprint density at radius 2 is 2.00 bits per heavy atom. The highest BCUT2D eigenvalue weighted by Gasteiger charge is 2.02. The Bertz CT molecular complexity index is 322. The number of hydrogen-bond donors (Lipinski definition) is 1. The molecule has 4 nitrogen and oxygen atoms in total. The zero-order valence-corrected chi connectivity index (χ0v) is 9.36. The molecule has 0 aliphatic carbocycles. The first kappa shape index (κ1) is 12.5. The van der Waals surface area contributed by atoms with Gasteiger partial charge < -0.3 is 4.74 Å². The largest absolute Gasteiger partial charge is 0.494 e. The molecule has 4 heteroatoms. The van der Waals surface area contributed by atoms with Gasteiger partial charge in [0.15, 0.2) is 0 Å². The zero-order valence-electron chi connectivity index (χ0n) is 9.36. The van der Waals surface area contributed by atoms with Gasteiger partial charge in [-0.2, -0.15) is 0 Å². The van der Waals surface area contributed by atoms with Gasteiger partial charge >= 0.3 is 0 Å². The van der Waals surface area contributed by atoms with Crippen molar-refractivity contribution < 1.29 is 14.7 Å². The minimum absolute atomic E-state index is 0.110. The number of nitrogens with one attached hydrogen (secondary N) is 1. The zero-order chi connectivity index (χ0) is 11.8. The molecule has 0 aliphatic heterocycles. The van der Waals surface area contributed by atoms with Crippen LogP contribution in [0.2, 0.25) is 0 Å². The van der Waals surface area contributed by atoms with Crippen LogP contribution in [0.1, 0.15) is 25.3 Å². The van der Waals surface area contributed by atoms with Gasteiger partial charge in [0.2, 0.25) is 5.91 Å². The molecular weight excluding hydrogens is 206 g/mol. The Labute approximate surface area is 95.2 Å². The molecule has 1 N–H and O–H groups in total. The van der Waals surface area contributed by atoms with Crippen LogP contribution in [0, 0.1) is 0 Å². The van der Waals surface area contributed by atoms with Gasteiger partial charge in [0, 0.05) is 0 Å². The van der Waals surface area contributed by atoms with Gasteiger partial charge in [-0.05, 0) is 24.1 Å². The number of ether oxygens (including phenoxy) is 1. The molecule has 0 saturated heterocycles. The molecule has 1 radical (unpaired) electrons. The van der Waals surface area contributed by atoms with Crippen molar-refractivity contribution in [1.29, 1.82) is 0 Å². The van der Waals surface area contributed by atoms with E-state index in [0.29, 0.717) is 6.61 Å². The lowest BCUT2D eigenvalue weighted by molar-refractivity contribution is -0.132. The summed E-state index contributed by atoms with van der Waals surface area (Å²) >= 11 is 0. The normalized spacial score (nSPS) is 9.88. The monoisotopic (exact) mass is 222 g/mol. The fourth-order valence-electron chi connectivity index (χ4n) is 1.26. The molecule has 0 atom stereocenters. The number of benzene rings is 1. The minimum Gasteiger partial charge on any atom is -0.494 e. The van der Waals surface area contributed by atoms with Crippen LogP contribution in [0.15, 0.2) is 24.3 Å². The van der Waals surface area contributed by atoms with E-state index in [4.69, 9.17) is 4.74 Å². The highest BCUT2D eigenvalue weighted by molar-refractivity contribution is 5.77. The Morgan fingerprint density at radius 3 is 2.56 bits per heavy atom. The standard InChI is InChI=1S/C12H16NO3/c1-2-3-8-16-11-6-4-10(5-7-11)9-12(14)13-15/h4-7H,2-3,8-9H2,1H3,(H,13,14). The second kappa shape index (κ2) is 6.85. The van der Waals surface area contributed by atoms with E-state index in [1.165, 1.54) is 5.48 Å². The van der Waals surface area contributed by atoms with Crippen molar-refractivity contribution in [3.63, 3.8) is 0 Å². The van der Waals surface area contributed by atoms with Crippen LogP contribution < -0.4 is 10.2 Å². The van der Waals surface area contributed by atoms with Gasteiger partial charge in [0.05, 0.1) is 13.0 Å². The van der Waals surface area contributed by atoms with Gasteiger partial charge in [-0.15, -0.1) is 0 Å². The molecule has 0 spiro atoms. The maximum atomic E-state index is 10.8. The smallest absolute Gasteiger partial charge is 0.250 e. The van der Waals surface area contributed by atoms with Crippen molar-refractivity contribution in [2.24, 2.45) is 0 Å². The van der Waals surface area contributed by atoms with Crippen LogP contribution >= 0.6 is 0 Å². The van der Waals surface area contributed by atoms with Crippen molar-refractivity contribution in [3.05, 3.63) is 29.8 Å². The molecule has 87 valence electrons. The number of rotatable bonds is 6. The number of carbonyl (C=O) groups is 1. The highest BCUT2D eigenvalue weighted by Crippen LogP contribution is 2.13. The molecule has 1 rings (SSSR count). The van der Waals surface area contributed by atoms with Crippen LogP contribution in [0.4, 0.5) is 0 Å². The quantitative estimate of drug-likeness (QED) is 0.590. The SMILES string of the molecule is CCCCOc1ccc(CC(=O)N[O])cc1. The second-order valence-electron chi connectivity index (χ2n) is 3.55. The van der Waals surface area contributed by atoms with Crippen LogP contribution in [0.5, 0.6) is 5.75 Å². The fourth-order valence-corrected chi connectivity index (χ4v) is 1.26. The van der Waals surface area contributed by atoms with Crippen LogP contribution in [-0.4, -0.2) is 12.5 Å². The first-order valence-electron chi connectivity index (χ1n) is 5.39. The molecule has 1 amide bonds. The van der Waals surface area contributed by atoms with E-state index in [2.05, 4.69) is 6.92 Å². The molecule has 0 saturated carbocycles. The molecule has 0 heterocycles. The van der Waals surface area contributed by atoms with Crippen molar-refractivity contribution >= 4 is 5.91 Å². The lowest BCUT2D eigenvalue weighted by Crippen LogP contribution is -2.19. The number of hydrogen-bond acceptors (Lipinski definition) is 2. The molecule has 0 unspecified atom stereocenters. The summed E-state index contributed by atoms with van der Waals surface area (Å²) in [4.78, 5) is 10.8. The summed E-state index contributed by atoms with van der Waals surface area (Å²) < 4.78 is 5.47. The Hall–Kier alpha value is -1.55. The second-order valence-corrected chi connectivity index (χ2v) is 3.55. The summed E-state index contributed by atoms with van der Waals surface area (Å²) in [5.41, 5.74) is 2.15. The van der Waals surface area contributed by atoms with Gasteiger partial charge in [0.25, 0.3) is 0 Å². The predicted molar refractivity (Wildman–Crippen MR) is 59.4 cm³/mol. The van der Waals surface area contributed by atoms with Crippen molar-refractivity contribution in [2.75, 3.05) is 6.61 Å². The molecular formula is C12H16NO3. The molecule has 1 aromatic carbocycles. The predicted octanol–water partition coefficient (Wildman–Crippen LogP) is 1.87. The molecule has 0 bridgehead atoms. The van der Waals surface area contributed by atoms with Crippen LogP contribution in [0.3, 0.4) is 0 Å². The van der Waals surface area contributed by atoms with E-state index in [0.717, 1.165) is 24.2 Å². The summed E-state index contributed by atoms with van der Waals surface area (Å²) in [6.45, 7) is 2.81. The van der Waals surface area contributed by atoms with Crippen LogP contribution in [0.25, 0.3) is 0 Å². The van der Waals surface area contributed by atoms with E-state index < -0.39 is 5.91 Å². The summed E-state index contributed by atoms with van der Waals surface area (Å²) in [6, 6.07) is 7.19. The molecule has 0 fully saturated rings. The summed E-state index contributed by atoms with van der Waals surface area (Å²) in [7, 11) is 0. The molecule has 1 aromatic rings. The molecule has 16 heavy (non-hydrogen) atoms. The van der Waals surface area contributed by atoms with E-state index in [1.807, 2.05) is 12.1 Å². The van der Waals surface area contributed by atoms with Gasteiger partial charge in [0.1, 0.15) is 5.75 Å². The molecule has 0 aromatic heterocycles. The minimum atomic E-state index is -0.528. The van der Waals surface area contributed by atoms with Crippen molar-refractivity contribution in [1.82, 2.24) is 5.48 Å². The number of hydroxylamine groups is 1. The lowest BCUT2D eigenvalue weighted by atomic mass is 10.1. The van der Waals surface area contributed by atoms with Crippen molar-refractivity contribution in [2.45, 2.75) is 26.2 Å². The topological polar surface area (TPSA) is 58.2 Å². The fraction of sp³-hybridized carbons (Fsp3) is 0.417. The van der Waals surface area contributed by atoms with Crippen molar-refractivity contribution in [3.8, 4) is 5.75 Å². The summed E-state index contributed by atoms with van der Waals surface area (Å²) in [5.74, 6) is 0.263. The maximum Gasteiger partial charge on any atom is 0.250 e. The Kier molecular flexibility index (Phi) is 5.36. The van der Waals surface area contributed by atoms with E-state index in [9.17, 15) is 10.0 Å². The first-order valence-corrected chi connectivity index (χ1v) is 5.39. The maximum absolute atomic E-state index is 10.8. The third-order valence-corrected chi connectivity index (χ3v) is 2.17. The third-order valence-electron chi connectivity index (χ3n) is 2.17. The average Bonchev–Trinajstić information content (AvgIpc) is 2.31.